The van der Waals surface area contributed by atoms with E-state index in [4.69, 9.17) is 0 Å². The summed E-state index contributed by atoms with van der Waals surface area (Å²) in [6.07, 6.45) is 5.74. The Labute approximate surface area is 164 Å². The number of benzene rings is 1. The van der Waals surface area contributed by atoms with Gasteiger partial charge >= 0.3 is 0 Å². The van der Waals surface area contributed by atoms with E-state index >= 15 is 0 Å². The molecule has 0 bridgehead atoms. The van der Waals surface area contributed by atoms with Crippen molar-refractivity contribution in [1.29, 1.82) is 0 Å². The predicted molar refractivity (Wildman–Crippen MR) is 111 cm³/mol. The highest BCUT2D eigenvalue weighted by Crippen LogP contribution is 2.51. The molecular weight excluding hydrogens is 354 g/mol. The van der Waals surface area contributed by atoms with Crippen molar-refractivity contribution >= 4 is 22.9 Å². The summed E-state index contributed by atoms with van der Waals surface area (Å²) in [6.45, 7) is 3.50. The van der Waals surface area contributed by atoms with Crippen LogP contribution in [-0.4, -0.2) is 48.9 Å². The monoisotopic (exact) mass is 379 g/mol. The molecule has 5 heteroatoms. The Morgan fingerprint density at radius 2 is 2.00 bits per heavy atom. The zero-order valence-electron chi connectivity index (χ0n) is 15.6. The molecule has 0 spiro atoms. The summed E-state index contributed by atoms with van der Waals surface area (Å²) in [7, 11) is 2.12. The average Bonchev–Trinajstić information content (AvgIpc) is 3.39. The first-order valence-electron chi connectivity index (χ1n) is 9.79. The lowest BCUT2D eigenvalue weighted by Gasteiger charge is -2.38. The van der Waals surface area contributed by atoms with Gasteiger partial charge in [0.05, 0.1) is 17.3 Å². The van der Waals surface area contributed by atoms with Gasteiger partial charge in [-0.15, -0.1) is 11.3 Å². The first-order chi connectivity index (χ1) is 13.2. The Morgan fingerprint density at radius 1 is 1.15 bits per heavy atom. The predicted octanol–water partition coefficient (Wildman–Crippen LogP) is 3.96. The maximum atomic E-state index is 13.3. The molecule has 27 heavy (non-hydrogen) atoms. The number of para-hydroxylation sites is 1. The number of likely N-dealkylation sites (N-methyl/N-ethyl adjacent to an activating group) is 1. The number of nitrogens with one attached hydrogen (secondary N) is 1. The molecule has 0 radical (unpaired) electrons. The van der Waals surface area contributed by atoms with Gasteiger partial charge in [0.25, 0.3) is 5.91 Å². The number of allylic oxidation sites excluding steroid dienone is 2. The van der Waals surface area contributed by atoms with Gasteiger partial charge in [0, 0.05) is 37.0 Å². The quantitative estimate of drug-likeness (QED) is 0.802. The molecule has 1 fully saturated rings. The molecule has 1 amide bonds. The van der Waals surface area contributed by atoms with Gasteiger partial charge < -0.3 is 15.1 Å². The van der Waals surface area contributed by atoms with E-state index in [0.29, 0.717) is 11.8 Å². The number of carbonyl (C=O) groups is 1. The summed E-state index contributed by atoms with van der Waals surface area (Å²) in [5, 5.41) is 5.92. The number of fused-ring (bicyclic) bond motifs is 3. The standard InChI is InChI=1S/C22H25N3OS/c1-24-10-12-25(13-11-24)22(26)18-8-3-6-16-15-5-2-7-17(15)21(23-20(16)18)19-9-4-14-27-19/h2-6,8-9,14-15,17,21,23H,7,10-13H2,1H3. The van der Waals surface area contributed by atoms with Crippen molar-refractivity contribution < 1.29 is 4.79 Å². The average molecular weight is 380 g/mol. The van der Waals surface area contributed by atoms with Crippen LogP contribution in [-0.2, 0) is 0 Å². The molecule has 1 aromatic heterocycles. The van der Waals surface area contributed by atoms with Gasteiger partial charge in [-0.05, 0) is 42.5 Å². The number of hydrogen-bond acceptors (Lipinski definition) is 4. The third-order valence-electron chi connectivity index (χ3n) is 6.27. The molecule has 2 aliphatic heterocycles. The van der Waals surface area contributed by atoms with Crippen LogP contribution in [0.15, 0.2) is 47.9 Å². The van der Waals surface area contributed by atoms with Gasteiger partial charge in [-0.1, -0.05) is 30.4 Å². The summed E-state index contributed by atoms with van der Waals surface area (Å²) in [5.41, 5.74) is 3.16. The maximum Gasteiger partial charge on any atom is 0.256 e. The smallest absolute Gasteiger partial charge is 0.256 e. The number of piperazine rings is 1. The van der Waals surface area contributed by atoms with E-state index in [2.05, 4.69) is 59.1 Å². The molecule has 1 saturated heterocycles. The number of hydrogen-bond donors (Lipinski definition) is 1. The van der Waals surface area contributed by atoms with Crippen LogP contribution < -0.4 is 5.32 Å². The van der Waals surface area contributed by atoms with Gasteiger partial charge in [-0.25, -0.2) is 0 Å². The lowest BCUT2D eigenvalue weighted by Crippen LogP contribution is -2.47. The number of amides is 1. The molecule has 0 saturated carbocycles. The highest BCUT2D eigenvalue weighted by Gasteiger charge is 2.40. The van der Waals surface area contributed by atoms with Crippen LogP contribution in [0.4, 0.5) is 5.69 Å². The minimum Gasteiger partial charge on any atom is -0.376 e. The van der Waals surface area contributed by atoms with Crippen molar-refractivity contribution in [3.8, 4) is 0 Å². The minimum absolute atomic E-state index is 0.165. The van der Waals surface area contributed by atoms with Gasteiger partial charge in [-0.3, -0.25) is 4.79 Å². The molecule has 1 N–H and O–H groups in total. The molecule has 1 aromatic carbocycles. The minimum atomic E-state index is 0.165. The number of thiophene rings is 1. The molecule has 3 aliphatic rings. The molecule has 140 valence electrons. The van der Waals surface area contributed by atoms with E-state index in [-0.39, 0.29) is 11.9 Å². The zero-order valence-corrected chi connectivity index (χ0v) is 16.4. The first-order valence-corrected chi connectivity index (χ1v) is 10.7. The van der Waals surface area contributed by atoms with E-state index in [9.17, 15) is 4.79 Å². The van der Waals surface area contributed by atoms with Crippen molar-refractivity contribution in [2.24, 2.45) is 5.92 Å². The Bertz CT molecular complexity index is 868. The second kappa shape index (κ2) is 6.80. The molecule has 5 rings (SSSR count). The number of carbonyl (C=O) groups excluding carboxylic acids is 1. The number of rotatable bonds is 2. The van der Waals surface area contributed by atoms with Crippen LogP contribution >= 0.6 is 11.3 Å². The highest BCUT2D eigenvalue weighted by atomic mass is 32.1. The Balaban J connectivity index is 1.52. The lowest BCUT2D eigenvalue weighted by molar-refractivity contribution is 0.0664. The fourth-order valence-corrected chi connectivity index (χ4v) is 5.58. The normalized spacial score (nSPS) is 27.1. The number of anilines is 1. The van der Waals surface area contributed by atoms with Gasteiger partial charge in [0.2, 0.25) is 0 Å². The molecular formula is C22H25N3OS. The van der Waals surface area contributed by atoms with E-state index in [1.807, 2.05) is 11.0 Å². The van der Waals surface area contributed by atoms with Crippen molar-refractivity contribution in [3.05, 3.63) is 63.9 Å². The summed E-state index contributed by atoms with van der Waals surface area (Å²) in [4.78, 5) is 19.0. The maximum absolute atomic E-state index is 13.3. The van der Waals surface area contributed by atoms with Crippen molar-refractivity contribution in [2.45, 2.75) is 18.4 Å². The van der Waals surface area contributed by atoms with Crippen LogP contribution in [0.25, 0.3) is 0 Å². The summed E-state index contributed by atoms with van der Waals surface area (Å²) < 4.78 is 0. The van der Waals surface area contributed by atoms with Crippen LogP contribution in [0.1, 0.15) is 39.2 Å². The third kappa shape index (κ3) is 2.89. The molecule has 3 unspecified atom stereocenters. The van der Waals surface area contributed by atoms with E-state index < -0.39 is 0 Å². The van der Waals surface area contributed by atoms with Crippen molar-refractivity contribution in [1.82, 2.24) is 9.80 Å². The Hall–Kier alpha value is -2.11. The first kappa shape index (κ1) is 17.0. The molecule has 2 aromatic rings. The Morgan fingerprint density at radius 3 is 2.78 bits per heavy atom. The number of nitrogens with zero attached hydrogens (tertiary/aromatic N) is 2. The van der Waals surface area contributed by atoms with E-state index in [0.717, 1.165) is 43.9 Å². The highest BCUT2D eigenvalue weighted by molar-refractivity contribution is 7.10. The second-order valence-electron chi connectivity index (χ2n) is 7.86. The topological polar surface area (TPSA) is 35.6 Å². The fraction of sp³-hybridized carbons (Fsp3) is 0.409. The van der Waals surface area contributed by atoms with Crippen LogP contribution in [0.2, 0.25) is 0 Å². The largest absolute Gasteiger partial charge is 0.376 e. The molecule has 3 heterocycles. The molecule has 1 aliphatic carbocycles. The summed E-state index contributed by atoms with van der Waals surface area (Å²) in [5.74, 6) is 1.09. The Kier molecular flexibility index (Phi) is 4.29. The van der Waals surface area contributed by atoms with Gasteiger partial charge in [-0.2, -0.15) is 0 Å². The van der Waals surface area contributed by atoms with E-state index in [1.54, 1.807) is 11.3 Å². The van der Waals surface area contributed by atoms with Crippen LogP contribution in [0.5, 0.6) is 0 Å². The van der Waals surface area contributed by atoms with Crippen molar-refractivity contribution in [3.63, 3.8) is 0 Å². The lowest BCUT2D eigenvalue weighted by atomic mass is 9.78. The second-order valence-corrected chi connectivity index (χ2v) is 8.84. The molecule has 4 nitrogen and oxygen atoms in total. The summed E-state index contributed by atoms with van der Waals surface area (Å²) >= 11 is 1.80. The zero-order chi connectivity index (χ0) is 18.4. The fourth-order valence-electron chi connectivity index (χ4n) is 4.73. The van der Waals surface area contributed by atoms with Crippen LogP contribution in [0.3, 0.4) is 0 Å². The van der Waals surface area contributed by atoms with Gasteiger partial charge in [0.1, 0.15) is 0 Å². The summed E-state index contributed by atoms with van der Waals surface area (Å²) in [6, 6.07) is 10.9. The third-order valence-corrected chi connectivity index (χ3v) is 7.22. The van der Waals surface area contributed by atoms with E-state index in [1.165, 1.54) is 10.4 Å². The van der Waals surface area contributed by atoms with Gasteiger partial charge in [0.15, 0.2) is 0 Å². The van der Waals surface area contributed by atoms with Crippen molar-refractivity contribution in [2.75, 3.05) is 38.5 Å². The molecule has 3 atom stereocenters. The SMILES string of the molecule is CN1CCN(C(=O)c2cccc3c2NC(c2cccs2)C2CC=CC32)CC1. The van der Waals surface area contributed by atoms with Crippen LogP contribution in [0, 0.1) is 5.92 Å².